The van der Waals surface area contributed by atoms with Crippen LogP contribution in [0.1, 0.15) is 30.4 Å². The molecule has 0 radical (unpaired) electrons. The van der Waals surface area contributed by atoms with Gasteiger partial charge in [0.15, 0.2) is 0 Å². The molecule has 1 aliphatic heterocycles. The predicted octanol–water partition coefficient (Wildman–Crippen LogP) is 3.16. The van der Waals surface area contributed by atoms with Crippen molar-refractivity contribution in [1.29, 1.82) is 0 Å². The van der Waals surface area contributed by atoms with Gasteiger partial charge in [-0.2, -0.15) is 0 Å². The van der Waals surface area contributed by atoms with Gasteiger partial charge in [-0.1, -0.05) is 78.3 Å². The molecule has 0 atom stereocenters. The summed E-state index contributed by atoms with van der Waals surface area (Å²) in [5, 5.41) is 0.970. The molecule has 0 saturated carbocycles. The third kappa shape index (κ3) is 7.47. The number of likely N-dealkylation sites (tertiary alicyclic amines) is 1. The molecule has 2 aromatic carbocycles. The molecule has 0 N–H and O–H groups in total. The van der Waals surface area contributed by atoms with Crippen molar-refractivity contribution >= 4 is 11.6 Å². The maximum absolute atomic E-state index is 6.57. The van der Waals surface area contributed by atoms with Crippen LogP contribution in [0, 0.1) is 0 Å². The van der Waals surface area contributed by atoms with Crippen molar-refractivity contribution in [2.45, 2.75) is 32.1 Å². The van der Waals surface area contributed by atoms with Crippen molar-refractivity contribution in [3.63, 3.8) is 0 Å². The highest BCUT2D eigenvalue weighted by Crippen LogP contribution is 2.21. The molecule has 0 amide bonds. The van der Waals surface area contributed by atoms with Crippen molar-refractivity contribution < 1.29 is 16.9 Å². The Morgan fingerprint density at radius 1 is 0.786 bits per heavy atom. The van der Waals surface area contributed by atoms with Crippen molar-refractivity contribution in [2.75, 3.05) is 26.2 Å². The van der Waals surface area contributed by atoms with Gasteiger partial charge in [-0.05, 0) is 49.0 Å². The minimum Gasteiger partial charge on any atom is -1.00 e. The summed E-state index contributed by atoms with van der Waals surface area (Å²) in [4.78, 5) is 0. The van der Waals surface area contributed by atoms with Gasteiger partial charge in [-0.15, -0.1) is 0 Å². The monoisotopic (exact) mass is 415 g/mol. The van der Waals surface area contributed by atoms with E-state index in [-0.39, 0.29) is 12.4 Å². The van der Waals surface area contributed by atoms with E-state index in [1.807, 2.05) is 0 Å². The zero-order chi connectivity index (χ0) is 18.8. The van der Waals surface area contributed by atoms with Crippen LogP contribution in [0.5, 0.6) is 0 Å². The SMILES string of the molecule is ClC(=CC[N+]1(CC=CCc2ccccc2)CCCCC1)Cc1ccccc1.[Cl-]. The molecule has 0 unspecified atom stereocenters. The maximum atomic E-state index is 6.57. The van der Waals surface area contributed by atoms with E-state index in [2.05, 4.69) is 78.9 Å². The molecule has 0 aromatic heterocycles. The zero-order valence-electron chi connectivity index (χ0n) is 16.6. The van der Waals surface area contributed by atoms with Crippen LogP contribution in [0.25, 0.3) is 0 Å². The fourth-order valence-electron chi connectivity index (χ4n) is 3.91. The van der Waals surface area contributed by atoms with Gasteiger partial charge in [0, 0.05) is 11.5 Å². The third-order valence-electron chi connectivity index (χ3n) is 5.54. The van der Waals surface area contributed by atoms with Crippen LogP contribution in [-0.2, 0) is 12.8 Å². The van der Waals surface area contributed by atoms with Gasteiger partial charge in [0.25, 0.3) is 0 Å². The number of piperidine rings is 1. The van der Waals surface area contributed by atoms with Gasteiger partial charge in [0.1, 0.15) is 0 Å². The zero-order valence-corrected chi connectivity index (χ0v) is 18.1. The summed E-state index contributed by atoms with van der Waals surface area (Å²) in [6, 6.07) is 21.2. The van der Waals surface area contributed by atoms with Crippen LogP contribution >= 0.6 is 11.6 Å². The Bertz CT molecular complexity index is 732. The van der Waals surface area contributed by atoms with Crippen LogP contribution in [0.2, 0.25) is 0 Å². The van der Waals surface area contributed by atoms with Crippen molar-refractivity contribution in [3.8, 4) is 0 Å². The summed E-state index contributed by atoms with van der Waals surface area (Å²) in [6.45, 7) is 4.68. The van der Waals surface area contributed by atoms with Crippen LogP contribution in [0.15, 0.2) is 83.9 Å². The first-order chi connectivity index (χ1) is 13.3. The average molecular weight is 416 g/mol. The quantitative estimate of drug-likeness (QED) is 0.458. The molecule has 150 valence electrons. The standard InChI is InChI=1S/C25H31ClN.ClH/c26-25(22-24-15-6-2-7-16-24)17-21-27(18-9-3-10-19-27)20-11-8-14-23-12-4-1-5-13-23;/h1-2,4-8,11-13,15-17H,3,9-10,14,18-22H2;1H/q+1;/p-1. The van der Waals surface area contributed by atoms with Gasteiger partial charge < -0.3 is 16.9 Å². The molecular formula is C25H31Cl2N. The lowest BCUT2D eigenvalue weighted by molar-refractivity contribution is -0.921. The number of hydrogen-bond acceptors (Lipinski definition) is 0. The Labute approximate surface area is 181 Å². The van der Waals surface area contributed by atoms with Gasteiger partial charge in [-0.25, -0.2) is 0 Å². The Kier molecular flexibility index (Phi) is 9.84. The van der Waals surface area contributed by atoms with E-state index in [1.165, 1.54) is 43.5 Å². The van der Waals surface area contributed by atoms with Crippen LogP contribution in [0.3, 0.4) is 0 Å². The Hall–Kier alpha value is -1.54. The van der Waals surface area contributed by atoms with Gasteiger partial charge in [0.05, 0.1) is 26.2 Å². The third-order valence-corrected chi connectivity index (χ3v) is 5.82. The van der Waals surface area contributed by atoms with E-state index < -0.39 is 0 Å². The van der Waals surface area contributed by atoms with E-state index in [0.717, 1.165) is 35.4 Å². The Balaban J connectivity index is 0.00000280. The highest BCUT2D eigenvalue weighted by molar-refractivity contribution is 6.29. The second kappa shape index (κ2) is 12.1. The molecule has 1 saturated heterocycles. The summed E-state index contributed by atoms with van der Waals surface area (Å²) in [5.41, 5.74) is 2.66. The van der Waals surface area contributed by atoms with Crippen molar-refractivity contribution in [3.05, 3.63) is 95.1 Å². The Morgan fingerprint density at radius 2 is 1.39 bits per heavy atom. The summed E-state index contributed by atoms with van der Waals surface area (Å²) in [5.74, 6) is 0. The number of allylic oxidation sites excluding steroid dienone is 2. The molecule has 0 bridgehead atoms. The smallest absolute Gasteiger partial charge is 0.0990 e. The van der Waals surface area contributed by atoms with Crippen molar-refractivity contribution in [2.24, 2.45) is 0 Å². The van der Waals surface area contributed by atoms with E-state index in [9.17, 15) is 0 Å². The van der Waals surface area contributed by atoms with E-state index in [0.29, 0.717) is 0 Å². The lowest BCUT2D eigenvalue weighted by atomic mass is 10.1. The molecule has 3 heteroatoms. The molecule has 1 fully saturated rings. The largest absolute Gasteiger partial charge is 1.00 e. The topological polar surface area (TPSA) is 0 Å². The molecule has 0 aliphatic carbocycles. The van der Waals surface area contributed by atoms with Crippen LogP contribution < -0.4 is 12.4 Å². The van der Waals surface area contributed by atoms with Gasteiger partial charge in [-0.3, -0.25) is 0 Å². The fraction of sp³-hybridized carbons (Fsp3) is 0.360. The molecule has 2 aromatic rings. The first-order valence-electron chi connectivity index (χ1n) is 10.2. The van der Waals surface area contributed by atoms with E-state index in [1.54, 1.807) is 0 Å². The molecule has 0 spiro atoms. The molecule has 28 heavy (non-hydrogen) atoms. The minimum atomic E-state index is 0. The second-order valence-electron chi connectivity index (χ2n) is 7.69. The minimum absolute atomic E-state index is 0. The average Bonchev–Trinajstić information content (AvgIpc) is 2.72. The molecule has 1 heterocycles. The number of nitrogens with zero attached hydrogens (tertiary/aromatic N) is 1. The normalized spacial score (nSPS) is 16.7. The Morgan fingerprint density at radius 3 is 2.04 bits per heavy atom. The highest BCUT2D eigenvalue weighted by atomic mass is 35.5. The van der Waals surface area contributed by atoms with Crippen molar-refractivity contribution in [1.82, 2.24) is 0 Å². The van der Waals surface area contributed by atoms with E-state index >= 15 is 0 Å². The maximum Gasteiger partial charge on any atom is 0.0990 e. The molecule has 3 rings (SSSR count). The first kappa shape index (κ1) is 22.7. The summed E-state index contributed by atoms with van der Waals surface area (Å²) in [7, 11) is 0. The summed E-state index contributed by atoms with van der Waals surface area (Å²) < 4.78 is 1.15. The molecule has 1 nitrogen and oxygen atoms in total. The van der Waals surface area contributed by atoms with Gasteiger partial charge >= 0.3 is 0 Å². The summed E-state index contributed by atoms with van der Waals surface area (Å²) in [6.07, 6.45) is 12.9. The second-order valence-corrected chi connectivity index (χ2v) is 8.17. The lowest BCUT2D eigenvalue weighted by Crippen LogP contribution is -3.00. The predicted molar refractivity (Wildman–Crippen MR) is 117 cm³/mol. The number of rotatable bonds is 8. The summed E-state index contributed by atoms with van der Waals surface area (Å²) >= 11 is 6.57. The number of benzene rings is 2. The highest BCUT2D eigenvalue weighted by Gasteiger charge is 2.27. The van der Waals surface area contributed by atoms with E-state index in [4.69, 9.17) is 11.6 Å². The molecular weight excluding hydrogens is 385 g/mol. The lowest BCUT2D eigenvalue weighted by Gasteiger charge is -2.40. The number of hydrogen-bond donors (Lipinski definition) is 0. The van der Waals surface area contributed by atoms with Gasteiger partial charge in [0.2, 0.25) is 0 Å². The first-order valence-corrected chi connectivity index (χ1v) is 10.6. The number of halogens is 2. The fourth-order valence-corrected chi connectivity index (χ4v) is 4.13. The number of quaternary nitrogens is 1. The van der Waals surface area contributed by atoms with Crippen LogP contribution in [0.4, 0.5) is 0 Å². The molecule has 1 aliphatic rings. The van der Waals surface area contributed by atoms with Crippen LogP contribution in [-0.4, -0.2) is 30.7 Å².